The molecular formula is C23H21N3O2. The van der Waals surface area contributed by atoms with Crippen LogP contribution in [0.25, 0.3) is 17.1 Å². The lowest BCUT2D eigenvalue weighted by molar-refractivity contribution is -0.117. The van der Waals surface area contributed by atoms with Crippen LogP contribution in [0.1, 0.15) is 30.1 Å². The fourth-order valence-electron chi connectivity index (χ4n) is 3.23. The van der Waals surface area contributed by atoms with Crippen molar-refractivity contribution >= 4 is 23.0 Å². The minimum Gasteiger partial charge on any atom is -0.465 e. The number of imidazole rings is 1. The largest absolute Gasteiger partial charge is 0.465 e. The Balaban J connectivity index is 1.60. The average Bonchev–Trinajstić information content (AvgIpc) is 3.36. The normalized spacial score (nSPS) is 12.5. The summed E-state index contributed by atoms with van der Waals surface area (Å²) in [4.78, 5) is 17.1. The number of carbonyl (C=O) groups is 1. The summed E-state index contributed by atoms with van der Waals surface area (Å²) in [6.45, 7) is 2.64. The topological polar surface area (TPSA) is 60.1 Å². The van der Waals surface area contributed by atoms with Crippen LogP contribution in [0.15, 0.2) is 83.5 Å². The van der Waals surface area contributed by atoms with E-state index in [1.54, 1.807) is 24.5 Å². The van der Waals surface area contributed by atoms with E-state index >= 15 is 0 Å². The monoisotopic (exact) mass is 371 g/mol. The summed E-state index contributed by atoms with van der Waals surface area (Å²) in [5.74, 6) is 1.27. The van der Waals surface area contributed by atoms with Crippen molar-refractivity contribution in [3.63, 3.8) is 0 Å². The highest BCUT2D eigenvalue weighted by molar-refractivity contribution is 5.91. The minimum atomic E-state index is -0.245. The van der Waals surface area contributed by atoms with Gasteiger partial charge in [-0.2, -0.15) is 0 Å². The van der Waals surface area contributed by atoms with Gasteiger partial charge in [-0.25, -0.2) is 4.98 Å². The third-order valence-corrected chi connectivity index (χ3v) is 4.56. The van der Waals surface area contributed by atoms with Gasteiger partial charge in [0, 0.05) is 12.6 Å². The SMILES string of the molecule is C[C@@H](NC(=O)/C=C/c1ccco1)c1nc2ccccc2n1Cc1ccccc1. The van der Waals surface area contributed by atoms with Crippen molar-refractivity contribution in [2.75, 3.05) is 0 Å². The molecule has 0 fully saturated rings. The number of fused-ring (bicyclic) bond motifs is 1. The van der Waals surface area contributed by atoms with Crippen LogP contribution in [0.5, 0.6) is 0 Å². The van der Waals surface area contributed by atoms with E-state index in [4.69, 9.17) is 9.40 Å². The van der Waals surface area contributed by atoms with Gasteiger partial charge in [0.2, 0.25) is 5.91 Å². The molecule has 1 atom stereocenters. The van der Waals surface area contributed by atoms with Gasteiger partial charge in [-0.1, -0.05) is 42.5 Å². The number of amides is 1. The summed E-state index contributed by atoms with van der Waals surface area (Å²) in [6, 6.07) is 21.6. The Morgan fingerprint density at radius 3 is 2.68 bits per heavy atom. The molecule has 0 aliphatic carbocycles. The van der Waals surface area contributed by atoms with Gasteiger partial charge in [-0.15, -0.1) is 0 Å². The number of nitrogens with zero attached hydrogens (tertiary/aromatic N) is 2. The third kappa shape index (κ3) is 3.88. The van der Waals surface area contributed by atoms with Crippen molar-refractivity contribution in [2.24, 2.45) is 0 Å². The van der Waals surface area contributed by atoms with Crippen LogP contribution in [0, 0.1) is 0 Å². The second kappa shape index (κ2) is 7.96. The van der Waals surface area contributed by atoms with Crippen LogP contribution in [0.2, 0.25) is 0 Å². The van der Waals surface area contributed by atoms with E-state index < -0.39 is 0 Å². The first-order valence-electron chi connectivity index (χ1n) is 9.22. The predicted octanol–water partition coefficient (Wildman–Crippen LogP) is 4.57. The fraction of sp³-hybridized carbons (Fsp3) is 0.130. The number of benzene rings is 2. The van der Waals surface area contributed by atoms with Crippen LogP contribution in [-0.2, 0) is 11.3 Å². The highest BCUT2D eigenvalue weighted by Crippen LogP contribution is 2.22. The zero-order chi connectivity index (χ0) is 19.3. The Bertz CT molecular complexity index is 1100. The number of furan rings is 1. The van der Waals surface area contributed by atoms with Crippen LogP contribution >= 0.6 is 0 Å². The molecule has 4 rings (SSSR count). The predicted molar refractivity (Wildman–Crippen MR) is 110 cm³/mol. The molecule has 5 nitrogen and oxygen atoms in total. The molecule has 0 aliphatic rings. The Hall–Kier alpha value is -3.60. The second-order valence-corrected chi connectivity index (χ2v) is 6.61. The minimum absolute atomic E-state index is 0.192. The van der Waals surface area contributed by atoms with E-state index in [0.717, 1.165) is 16.9 Å². The third-order valence-electron chi connectivity index (χ3n) is 4.56. The van der Waals surface area contributed by atoms with E-state index in [9.17, 15) is 4.79 Å². The number of aromatic nitrogens is 2. The van der Waals surface area contributed by atoms with Gasteiger partial charge < -0.3 is 14.3 Å². The zero-order valence-electron chi connectivity index (χ0n) is 15.6. The Labute approximate surface area is 163 Å². The maximum Gasteiger partial charge on any atom is 0.244 e. The fourth-order valence-corrected chi connectivity index (χ4v) is 3.23. The summed E-state index contributed by atoms with van der Waals surface area (Å²) in [6.07, 6.45) is 4.70. The Kier molecular flexibility index (Phi) is 5.06. The van der Waals surface area contributed by atoms with Crippen LogP contribution in [0.3, 0.4) is 0 Å². The summed E-state index contributed by atoms with van der Waals surface area (Å²) in [7, 11) is 0. The standard InChI is InChI=1S/C23H21N3O2/c1-17(24-22(27)14-13-19-10-7-15-28-19)23-25-20-11-5-6-12-21(20)26(23)16-18-8-3-2-4-9-18/h2-15,17H,16H2,1H3,(H,24,27)/b14-13+/t17-/m1/s1. The lowest BCUT2D eigenvalue weighted by atomic mass is 10.2. The molecule has 0 bridgehead atoms. The van der Waals surface area contributed by atoms with E-state index in [1.807, 2.05) is 43.3 Å². The number of hydrogen-bond donors (Lipinski definition) is 1. The van der Waals surface area contributed by atoms with Gasteiger partial charge in [0.25, 0.3) is 0 Å². The van der Waals surface area contributed by atoms with Crippen LogP contribution < -0.4 is 5.32 Å². The lowest BCUT2D eigenvalue weighted by Crippen LogP contribution is -2.27. The molecule has 1 amide bonds. The number of rotatable bonds is 6. The molecule has 4 aromatic rings. The first kappa shape index (κ1) is 17.8. The maximum atomic E-state index is 12.3. The first-order valence-corrected chi connectivity index (χ1v) is 9.22. The quantitative estimate of drug-likeness (QED) is 0.505. The number of nitrogens with one attached hydrogen (secondary N) is 1. The van der Waals surface area contributed by atoms with E-state index in [0.29, 0.717) is 12.3 Å². The van der Waals surface area contributed by atoms with Gasteiger partial charge in [0.15, 0.2) is 0 Å². The van der Waals surface area contributed by atoms with Gasteiger partial charge in [-0.3, -0.25) is 4.79 Å². The number of para-hydroxylation sites is 2. The van der Waals surface area contributed by atoms with Crippen molar-refractivity contribution in [2.45, 2.75) is 19.5 Å². The summed E-state index contributed by atoms with van der Waals surface area (Å²) in [5.41, 5.74) is 3.15. The lowest BCUT2D eigenvalue weighted by Gasteiger charge is -2.15. The smallest absolute Gasteiger partial charge is 0.244 e. The van der Waals surface area contributed by atoms with E-state index in [1.165, 1.54) is 11.6 Å². The Morgan fingerprint density at radius 2 is 1.89 bits per heavy atom. The zero-order valence-corrected chi connectivity index (χ0v) is 15.6. The molecule has 2 aromatic carbocycles. The van der Waals surface area contributed by atoms with Gasteiger partial charge in [0.1, 0.15) is 11.6 Å². The molecule has 2 heterocycles. The summed E-state index contributed by atoms with van der Waals surface area (Å²) in [5, 5.41) is 3.00. The molecule has 1 N–H and O–H groups in total. The van der Waals surface area contributed by atoms with Crippen molar-refractivity contribution < 1.29 is 9.21 Å². The van der Waals surface area contributed by atoms with Crippen LogP contribution in [-0.4, -0.2) is 15.5 Å². The molecular weight excluding hydrogens is 350 g/mol. The summed E-state index contributed by atoms with van der Waals surface area (Å²) < 4.78 is 7.37. The Morgan fingerprint density at radius 1 is 1.11 bits per heavy atom. The van der Waals surface area contributed by atoms with E-state index in [-0.39, 0.29) is 11.9 Å². The second-order valence-electron chi connectivity index (χ2n) is 6.61. The van der Waals surface area contributed by atoms with Gasteiger partial charge in [0.05, 0.1) is 23.3 Å². The molecule has 0 saturated heterocycles. The highest BCUT2D eigenvalue weighted by Gasteiger charge is 2.18. The van der Waals surface area contributed by atoms with Crippen molar-refractivity contribution in [3.05, 3.63) is 96.2 Å². The first-order chi connectivity index (χ1) is 13.7. The maximum absolute atomic E-state index is 12.3. The van der Waals surface area contributed by atoms with Gasteiger partial charge >= 0.3 is 0 Å². The number of hydrogen-bond acceptors (Lipinski definition) is 3. The van der Waals surface area contributed by atoms with Gasteiger partial charge in [-0.05, 0) is 42.8 Å². The molecule has 0 aliphatic heterocycles. The molecule has 0 saturated carbocycles. The molecule has 0 unspecified atom stereocenters. The van der Waals surface area contributed by atoms with Crippen molar-refractivity contribution in [1.29, 1.82) is 0 Å². The van der Waals surface area contributed by atoms with Crippen molar-refractivity contribution in [3.8, 4) is 0 Å². The molecule has 5 heteroatoms. The molecule has 2 aromatic heterocycles. The molecule has 0 radical (unpaired) electrons. The number of carbonyl (C=O) groups excluding carboxylic acids is 1. The molecule has 0 spiro atoms. The summed E-state index contributed by atoms with van der Waals surface area (Å²) >= 11 is 0. The average molecular weight is 371 g/mol. The van der Waals surface area contributed by atoms with Crippen LogP contribution in [0.4, 0.5) is 0 Å². The molecule has 28 heavy (non-hydrogen) atoms. The molecule has 140 valence electrons. The van der Waals surface area contributed by atoms with E-state index in [2.05, 4.69) is 28.1 Å². The van der Waals surface area contributed by atoms with Crippen molar-refractivity contribution in [1.82, 2.24) is 14.9 Å². The highest BCUT2D eigenvalue weighted by atomic mass is 16.3.